The van der Waals surface area contributed by atoms with Gasteiger partial charge in [0, 0.05) is 11.5 Å². The van der Waals surface area contributed by atoms with Gasteiger partial charge in [0.1, 0.15) is 5.82 Å². The minimum Gasteiger partial charge on any atom is -0.481 e. The van der Waals surface area contributed by atoms with Crippen molar-refractivity contribution in [2.45, 2.75) is 45.6 Å². The molecule has 0 saturated heterocycles. The topological polar surface area (TPSA) is 108 Å². The first-order chi connectivity index (χ1) is 8.20. The molecular formula is C11H18N4O3. The molecule has 0 aliphatic heterocycles. The molecule has 0 radical (unpaired) electrons. The molecule has 3 N–H and O–H groups in total. The smallest absolute Gasteiger partial charge is 0.305 e. The Balaban J connectivity index is 2.68. The van der Waals surface area contributed by atoms with Crippen LogP contribution in [0.4, 0.5) is 0 Å². The number of aromatic nitrogens is 3. The summed E-state index contributed by atoms with van der Waals surface area (Å²) in [7, 11) is 0. The van der Waals surface area contributed by atoms with Crippen LogP contribution in [0.5, 0.6) is 0 Å². The van der Waals surface area contributed by atoms with Gasteiger partial charge in [0.25, 0.3) is 5.91 Å². The van der Waals surface area contributed by atoms with E-state index in [0.717, 1.165) is 0 Å². The van der Waals surface area contributed by atoms with E-state index in [-0.39, 0.29) is 17.7 Å². The van der Waals surface area contributed by atoms with Crippen molar-refractivity contribution in [1.29, 1.82) is 0 Å². The predicted octanol–water partition coefficient (Wildman–Crippen LogP) is 0.695. The summed E-state index contributed by atoms with van der Waals surface area (Å²) < 4.78 is 0. The van der Waals surface area contributed by atoms with Gasteiger partial charge in [0.2, 0.25) is 5.82 Å². The third-order valence-electron chi connectivity index (χ3n) is 2.26. The molecule has 1 rings (SSSR count). The van der Waals surface area contributed by atoms with E-state index in [4.69, 9.17) is 5.11 Å². The summed E-state index contributed by atoms with van der Waals surface area (Å²) in [4.78, 5) is 26.3. The molecule has 0 fully saturated rings. The van der Waals surface area contributed by atoms with Crippen molar-refractivity contribution >= 4 is 11.9 Å². The first-order valence-corrected chi connectivity index (χ1v) is 5.65. The van der Waals surface area contributed by atoms with Crippen LogP contribution in [0.1, 0.15) is 50.6 Å². The minimum atomic E-state index is -0.965. The summed E-state index contributed by atoms with van der Waals surface area (Å²) in [6.07, 6.45) is -0.137. The molecule has 0 spiro atoms. The lowest BCUT2D eigenvalue weighted by Crippen LogP contribution is -2.34. The number of nitrogens with zero attached hydrogens (tertiary/aromatic N) is 2. The minimum absolute atomic E-state index is 0.0252. The monoisotopic (exact) mass is 254 g/mol. The Morgan fingerprint density at radius 2 is 2.06 bits per heavy atom. The molecule has 1 heterocycles. The van der Waals surface area contributed by atoms with Gasteiger partial charge in [-0.3, -0.25) is 14.7 Å². The Labute approximate surface area is 105 Å². The average Bonchev–Trinajstić information content (AvgIpc) is 2.63. The largest absolute Gasteiger partial charge is 0.481 e. The maximum absolute atomic E-state index is 11.7. The lowest BCUT2D eigenvalue weighted by molar-refractivity contribution is -0.137. The summed E-state index contributed by atoms with van der Waals surface area (Å²) in [5.41, 5.74) is -0.224. The van der Waals surface area contributed by atoms with E-state index in [1.807, 2.05) is 20.8 Å². The van der Waals surface area contributed by atoms with E-state index in [1.165, 1.54) is 0 Å². The molecule has 7 heteroatoms. The molecular weight excluding hydrogens is 236 g/mol. The molecule has 1 amide bonds. The van der Waals surface area contributed by atoms with E-state index >= 15 is 0 Å². The number of hydrogen-bond donors (Lipinski definition) is 3. The van der Waals surface area contributed by atoms with Crippen molar-refractivity contribution in [1.82, 2.24) is 20.5 Å². The molecule has 1 aromatic rings. The van der Waals surface area contributed by atoms with Crippen molar-refractivity contribution in [2.24, 2.45) is 0 Å². The molecule has 7 nitrogen and oxygen atoms in total. The fraction of sp³-hybridized carbons (Fsp3) is 0.636. The van der Waals surface area contributed by atoms with E-state index in [1.54, 1.807) is 6.92 Å². The zero-order valence-corrected chi connectivity index (χ0v) is 10.9. The van der Waals surface area contributed by atoms with E-state index in [9.17, 15) is 9.59 Å². The maximum atomic E-state index is 11.7. The number of hydrogen-bond acceptors (Lipinski definition) is 4. The highest BCUT2D eigenvalue weighted by molar-refractivity contribution is 5.90. The van der Waals surface area contributed by atoms with Crippen LogP contribution in [0, 0.1) is 0 Å². The van der Waals surface area contributed by atoms with Crippen LogP contribution in [0.25, 0.3) is 0 Å². The lowest BCUT2D eigenvalue weighted by atomic mass is 9.96. The fourth-order valence-corrected chi connectivity index (χ4v) is 1.30. The molecule has 0 aliphatic rings. The summed E-state index contributed by atoms with van der Waals surface area (Å²) >= 11 is 0. The summed E-state index contributed by atoms with van der Waals surface area (Å²) in [5, 5.41) is 17.6. The second-order valence-corrected chi connectivity index (χ2v) is 5.23. The Morgan fingerprint density at radius 1 is 1.44 bits per heavy atom. The number of amides is 1. The van der Waals surface area contributed by atoms with Crippen LogP contribution in [-0.2, 0) is 10.2 Å². The highest BCUT2D eigenvalue weighted by atomic mass is 16.4. The van der Waals surface area contributed by atoms with Gasteiger partial charge in [0.15, 0.2) is 0 Å². The number of aliphatic carboxylic acids is 1. The van der Waals surface area contributed by atoms with Crippen molar-refractivity contribution in [3.05, 3.63) is 11.6 Å². The summed E-state index contributed by atoms with van der Waals surface area (Å²) in [5.74, 6) is -0.806. The van der Waals surface area contributed by atoms with Crippen LogP contribution < -0.4 is 5.32 Å². The zero-order chi connectivity index (χ0) is 13.9. The van der Waals surface area contributed by atoms with Gasteiger partial charge < -0.3 is 10.4 Å². The number of H-pyrrole nitrogens is 1. The molecule has 1 unspecified atom stereocenters. The second-order valence-electron chi connectivity index (χ2n) is 5.23. The summed E-state index contributed by atoms with van der Waals surface area (Å²) in [6, 6.07) is -0.466. The number of nitrogens with one attached hydrogen (secondary N) is 2. The molecule has 18 heavy (non-hydrogen) atoms. The third-order valence-corrected chi connectivity index (χ3v) is 2.26. The van der Waals surface area contributed by atoms with Crippen LogP contribution in [-0.4, -0.2) is 38.2 Å². The number of rotatable bonds is 4. The van der Waals surface area contributed by atoms with Crippen molar-refractivity contribution < 1.29 is 14.7 Å². The molecule has 0 saturated carbocycles. The molecule has 100 valence electrons. The lowest BCUT2D eigenvalue weighted by Gasteiger charge is -2.13. The molecule has 1 atom stereocenters. The van der Waals surface area contributed by atoms with Crippen molar-refractivity contribution in [3.63, 3.8) is 0 Å². The van der Waals surface area contributed by atoms with E-state index < -0.39 is 17.9 Å². The Bertz CT molecular complexity index is 447. The molecule has 0 aliphatic carbocycles. The molecule has 0 aromatic carbocycles. The molecule has 1 aromatic heterocycles. The first-order valence-electron chi connectivity index (χ1n) is 5.65. The van der Waals surface area contributed by atoms with Gasteiger partial charge in [-0.15, -0.1) is 5.10 Å². The number of carboxylic acid groups (broad SMARTS) is 1. The van der Waals surface area contributed by atoms with Gasteiger partial charge in [-0.2, -0.15) is 0 Å². The van der Waals surface area contributed by atoms with Crippen molar-refractivity contribution in [3.8, 4) is 0 Å². The van der Waals surface area contributed by atoms with Crippen LogP contribution in [0.2, 0.25) is 0 Å². The third kappa shape index (κ3) is 3.83. The number of aromatic amines is 1. The highest BCUT2D eigenvalue weighted by Gasteiger charge is 2.22. The standard InChI is InChI=1S/C11H18N4O3/c1-6(5-7(16)17)12-9(18)8-13-10(15-14-8)11(2,3)4/h6H,5H2,1-4H3,(H,12,18)(H,16,17)(H,13,14,15). The molecule has 0 bridgehead atoms. The quantitative estimate of drug-likeness (QED) is 0.732. The number of carbonyl (C=O) groups is 2. The Kier molecular flexibility index (Phi) is 4.05. The van der Waals surface area contributed by atoms with Gasteiger partial charge in [-0.25, -0.2) is 4.98 Å². The van der Waals surface area contributed by atoms with E-state index in [0.29, 0.717) is 5.82 Å². The van der Waals surface area contributed by atoms with Crippen LogP contribution >= 0.6 is 0 Å². The predicted molar refractivity (Wildman–Crippen MR) is 64.3 cm³/mol. The van der Waals surface area contributed by atoms with E-state index in [2.05, 4.69) is 20.5 Å². The Morgan fingerprint density at radius 3 is 2.50 bits per heavy atom. The van der Waals surface area contributed by atoms with Gasteiger partial charge in [-0.1, -0.05) is 20.8 Å². The van der Waals surface area contributed by atoms with Gasteiger partial charge in [-0.05, 0) is 6.92 Å². The maximum Gasteiger partial charge on any atom is 0.305 e. The SMILES string of the molecule is CC(CC(=O)O)NC(=O)c1n[nH]c(C(C)(C)C)n1. The Hall–Kier alpha value is -1.92. The van der Waals surface area contributed by atoms with Crippen LogP contribution in [0.3, 0.4) is 0 Å². The number of carboxylic acids is 1. The second kappa shape index (κ2) is 5.16. The van der Waals surface area contributed by atoms with Crippen LogP contribution in [0.15, 0.2) is 0 Å². The first kappa shape index (κ1) is 14.1. The summed E-state index contributed by atoms with van der Waals surface area (Å²) in [6.45, 7) is 7.45. The average molecular weight is 254 g/mol. The zero-order valence-electron chi connectivity index (χ0n) is 10.9. The normalized spacial score (nSPS) is 13.1. The van der Waals surface area contributed by atoms with Crippen molar-refractivity contribution in [2.75, 3.05) is 0 Å². The van der Waals surface area contributed by atoms with Gasteiger partial charge in [0.05, 0.1) is 6.42 Å². The van der Waals surface area contributed by atoms with Gasteiger partial charge >= 0.3 is 5.97 Å². The fourth-order valence-electron chi connectivity index (χ4n) is 1.30. The number of carbonyl (C=O) groups excluding carboxylic acids is 1. The highest BCUT2D eigenvalue weighted by Crippen LogP contribution is 2.17.